The highest BCUT2D eigenvalue weighted by Gasteiger charge is 2.40. The van der Waals surface area contributed by atoms with Crippen LogP contribution in [0.5, 0.6) is 0 Å². The second kappa shape index (κ2) is 13.4. The van der Waals surface area contributed by atoms with Crippen LogP contribution < -0.4 is 0 Å². The van der Waals surface area contributed by atoms with E-state index in [9.17, 15) is 0 Å². The fraction of sp³-hybridized carbons (Fsp3) is 0.121. The van der Waals surface area contributed by atoms with Crippen LogP contribution in [-0.2, 0) is 10.8 Å². The quantitative estimate of drug-likeness (QED) is 0.161. The molecule has 0 amide bonds. The highest BCUT2D eigenvalue weighted by atomic mass is 16.3. The molecule has 0 radical (unpaired) electrons. The highest BCUT2D eigenvalue weighted by molar-refractivity contribution is 6.20. The van der Waals surface area contributed by atoms with Crippen molar-refractivity contribution in [2.75, 3.05) is 0 Å². The van der Waals surface area contributed by atoms with Gasteiger partial charge in [-0.1, -0.05) is 173 Å². The Labute approximate surface area is 391 Å². The van der Waals surface area contributed by atoms with Gasteiger partial charge in [-0.15, -0.1) is 0 Å². The largest absolute Gasteiger partial charge is 0.455 e. The van der Waals surface area contributed by atoms with Crippen molar-refractivity contribution in [1.82, 2.24) is 0 Å². The molecule has 12 aromatic rings. The summed E-state index contributed by atoms with van der Waals surface area (Å²) in [4.78, 5) is 0. The predicted molar refractivity (Wildman–Crippen MR) is 285 cm³/mol. The Morgan fingerprint density at radius 3 is 1.21 bits per heavy atom. The van der Waals surface area contributed by atoms with Crippen molar-refractivity contribution in [3.63, 3.8) is 0 Å². The van der Waals surface area contributed by atoms with Gasteiger partial charge in [0.2, 0.25) is 0 Å². The second-order valence-electron chi connectivity index (χ2n) is 20.4. The van der Waals surface area contributed by atoms with Crippen molar-refractivity contribution < 1.29 is 4.42 Å². The summed E-state index contributed by atoms with van der Waals surface area (Å²) in [5, 5.41) is 12.8. The average Bonchev–Trinajstić information content (AvgIpc) is 3.94. The first-order valence-corrected chi connectivity index (χ1v) is 23.8. The van der Waals surface area contributed by atoms with Crippen LogP contribution in [0.4, 0.5) is 0 Å². The fourth-order valence-electron chi connectivity index (χ4n) is 12.7. The second-order valence-corrected chi connectivity index (χ2v) is 20.4. The summed E-state index contributed by atoms with van der Waals surface area (Å²) in [5.74, 6) is 0. The fourth-order valence-corrected chi connectivity index (χ4v) is 12.7. The van der Waals surface area contributed by atoms with Gasteiger partial charge < -0.3 is 4.42 Å². The van der Waals surface area contributed by atoms with Gasteiger partial charge in [0.25, 0.3) is 0 Å². The Morgan fingerprint density at radius 2 is 0.687 bits per heavy atom. The molecule has 0 unspecified atom stereocenters. The zero-order valence-electron chi connectivity index (χ0n) is 38.7. The van der Waals surface area contributed by atoms with Crippen LogP contribution in [0.3, 0.4) is 0 Å². The summed E-state index contributed by atoms with van der Waals surface area (Å²) >= 11 is 0. The standard InChI is InChI=1S/C66H48O/c1-37-38(2)50-32-56-58(35-54(50)53-34-57-55(31-49(37)53)61-44-25-15-13-23-42(44)51(33-59(61)65(57,3)4)40-21-11-8-12-22-40)66(5,6)60-36-52(43-24-14-16-26-45(43)62(56)60)48-30-18-29-47-46-28-17-27-41(63(46)67-64(47)48)39-19-9-7-10-20-39/h7-36H,1-6H3. The van der Waals surface area contributed by atoms with Gasteiger partial charge >= 0.3 is 0 Å². The van der Waals surface area contributed by atoms with Gasteiger partial charge in [0.05, 0.1) is 0 Å². The van der Waals surface area contributed by atoms with Gasteiger partial charge in [-0.3, -0.25) is 0 Å². The number of benzene rings is 11. The SMILES string of the molecule is Cc1c(C)c2cc3c(cc2c2cc4c(cc12)-c1c(cc(-c2ccccc2)c2ccccc12)C4(C)C)C(C)(C)c1cc(-c2cccc4c2oc2c(-c5ccccc5)cccc24)c2ccccc2c1-3. The van der Waals surface area contributed by atoms with Crippen molar-refractivity contribution in [3.05, 3.63) is 215 Å². The van der Waals surface area contributed by atoms with Gasteiger partial charge in [0.15, 0.2) is 0 Å². The molecule has 0 aliphatic heterocycles. The number of hydrogen-bond acceptors (Lipinski definition) is 1. The molecule has 0 saturated carbocycles. The predicted octanol–water partition coefficient (Wildman–Crippen LogP) is 18.4. The highest BCUT2D eigenvalue weighted by Crippen LogP contribution is 2.58. The van der Waals surface area contributed by atoms with Crippen LogP contribution in [0.15, 0.2) is 186 Å². The van der Waals surface area contributed by atoms with Gasteiger partial charge in [-0.2, -0.15) is 0 Å². The zero-order chi connectivity index (χ0) is 45.1. The van der Waals surface area contributed by atoms with E-state index in [1.54, 1.807) is 0 Å². The lowest BCUT2D eigenvalue weighted by atomic mass is 9.78. The zero-order valence-corrected chi connectivity index (χ0v) is 38.7. The van der Waals surface area contributed by atoms with Crippen molar-refractivity contribution in [2.45, 2.75) is 52.4 Å². The van der Waals surface area contributed by atoms with E-state index in [1.807, 2.05) is 0 Å². The van der Waals surface area contributed by atoms with Crippen LogP contribution in [0.1, 0.15) is 61.1 Å². The minimum atomic E-state index is -0.260. The van der Waals surface area contributed by atoms with Gasteiger partial charge in [-0.05, 0) is 171 Å². The number of para-hydroxylation sites is 2. The normalized spacial score (nSPS) is 14.4. The number of furan rings is 1. The van der Waals surface area contributed by atoms with Crippen molar-refractivity contribution in [3.8, 4) is 55.6 Å². The van der Waals surface area contributed by atoms with E-state index in [0.717, 1.165) is 38.6 Å². The molecule has 0 fully saturated rings. The van der Waals surface area contributed by atoms with Gasteiger partial charge in [0, 0.05) is 32.7 Å². The number of fused-ring (bicyclic) bond motifs is 16. The Balaban J connectivity index is 0.985. The van der Waals surface area contributed by atoms with E-state index in [2.05, 4.69) is 224 Å². The molecule has 1 nitrogen and oxygen atoms in total. The molecule has 0 saturated heterocycles. The van der Waals surface area contributed by atoms with E-state index < -0.39 is 0 Å². The van der Waals surface area contributed by atoms with Crippen LogP contribution >= 0.6 is 0 Å². The van der Waals surface area contributed by atoms with Crippen molar-refractivity contribution in [2.24, 2.45) is 0 Å². The monoisotopic (exact) mass is 856 g/mol. The maximum atomic E-state index is 7.04. The number of hydrogen-bond donors (Lipinski definition) is 0. The molecule has 1 aromatic heterocycles. The first kappa shape index (κ1) is 38.5. The molecule has 0 atom stereocenters. The first-order chi connectivity index (χ1) is 32.6. The van der Waals surface area contributed by atoms with Crippen LogP contribution in [0.2, 0.25) is 0 Å². The molecule has 0 bridgehead atoms. The minimum Gasteiger partial charge on any atom is -0.455 e. The molecule has 67 heavy (non-hydrogen) atoms. The third-order valence-electron chi connectivity index (χ3n) is 16.3. The smallest absolute Gasteiger partial charge is 0.143 e. The summed E-state index contributed by atoms with van der Waals surface area (Å²) in [6.07, 6.45) is 0. The molecule has 11 aromatic carbocycles. The molecule has 14 rings (SSSR count). The maximum Gasteiger partial charge on any atom is 0.143 e. The molecular weight excluding hydrogens is 809 g/mol. The molecule has 0 N–H and O–H groups in total. The third-order valence-corrected chi connectivity index (χ3v) is 16.3. The third kappa shape index (κ3) is 5.09. The first-order valence-electron chi connectivity index (χ1n) is 23.8. The minimum absolute atomic E-state index is 0.190. The lowest BCUT2D eigenvalue weighted by molar-refractivity contribution is 0.661. The topological polar surface area (TPSA) is 13.1 Å². The molecule has 0 spiro atoms. The van der Waals surface area contributed by atoms with Crippen LogP contribution in [0, 0.1) is 13.8 Å². The molecule has 2 aliphatic carbocycles. The van der Waals surface area contributed by atoms with E-state index in [0.29, 0.717) is 0 Å². The van der Waals surface area contributed by atoms with Gasteiger partial charge in [-0.25, -0.2) is 0 Å². The number of rotatable bonds is 3. The van der Waals surface area contributed by atoms with Crippen molar-refractivity contribution >= 4 is 65.0 Å². The summed E-state index contributed by atoms with van der Waals surface area (Å²) in [6.45, 7) is 14.4. The van der Waals surface area contributed by atoms with E-state index >= 15 is 0 Å². The molecule has 1 heteroatoms. The van der Waals surface area contributed by atoms with Gasteiger partial charge in [0.1, 0.15) is 11.2 Å². The Kier molecular flexibility index (Phi) is 7.72. The van der Waals surface area contributed by atoms with E-state index in [-0.39, 0.29) is 10.8 Å². The molecular formula is C66H48O. The number of aryl methyl sites for hydroxylation is 2. The maximum absolute atomic E-state index is 7.04. The average molecular weight is 857 g/mol. The Morgan fingerprint density at radius 1 is 0.284 bits per heavy atom. The Hall–Kier alpha value is -7.74. The lowest BCUT2D eigenvalue weighted by Crippen LogP contribution is -2.15. The summed E-state index contributed by atoms with van der Waals surface area (Å²) in [6, 6.07) is 68.1. The van der Waals surface area contributed by atoms with Crippen LogP contribution in [-0.4, -0.2) is 0 Å². The molecule has 318 valence electrons. The molecule has 2 aliphatic rings. The van der Waals surface area contributed by atoms with E-state index in [4.69, 9.17) is 4.42 Å². The Bertz CT molecular complexity index is 4140. The summed E-state index contributed by atoms with van der Waals surface area (Å²) in [7, 11) is 0. The summed E-state index contributed by atoms with van der Waals surface area (Å²) in [5.41, 5.74) is 22.3. The lowest BCUT2D eigenvalue weighted by Gasteiger charge is -2.25. The summed E-state index contributed by atoms with van der Waals surface area (Å²) < 4.78 is 7.04. The van der Waals surface area contributed by atoms with Crippen LogP contribution in [0.25, 0.3) is 121 Å². The molecule has 1 heterocycles. The van der Waals surface area contributed by atoms with Crippen molar-refractivity contribution in [1.29, 1.82) is 0 Å². The van der Waals surface area contributed by atoms with E-state index in [1.165, 1.54) is 115 Å².